The molecule has 0 atom stereocenters. The van der Waals surface area contributed by atoms with Crippen molar-refractivity contribution < 1.29 is 13.2 Å². The van der Waals surface area contributed by atoms with E-state index in [-0.39, 0.29) is 9.92 Å². The molecule has 0 spiro atoms. The van der Waals surface area contributed by atoms with Gasteiger partial charge in [0.15, 0.2) is 0 Å². The molecular weight excluding hydrogens is 300 g/mol. The molecule has 0 aliphatic rings. The maximum Gasteiger partial charge on any atom is 0.264 e. The van der Waals surface area contributed by atoms with Crippen molar-refractivity contribution in [2.24, 2.45) is 0 Å². The second kappa shape index (κ2) is 5.68. The fourth-order valence-corrected chi connectivity index (χ4v) is 3.18. The third kappa shape index (κ3) is 2.71. The van der Waals surface area contributed by atoms with Gasteiger partial charge in [-0.3, -0.25) is 9.29 Å². The summed E-state index contributed by atoms with van der Waals surface area (Å²) in [5.41, 5.74) is 0.472. The molecule has 0 N–H and O–H groups in total. The first-order chi connectivity index (χ1) is 9.46. The van der Waals surface area contributed by atoms with Gasteiger partial charge in [0.25, 0.3) is 10.0 Å². The van der Waals surface area contributed by atoms with E-state index in [1.807, 2.05) is 0 Å². The average molecular weight is 313 g/mol. The average Bonchev–Trinajstić information content (AvgIpc) is 2.47. The minimum atomic E-state index is -3.69. The summed E-state index contributed by atoms with van der Waals surface area (Å²) in [7, 11) is -0.754. The molecule has 0 bridgehead atoms. The lowest BCUT2D eigenvalue weighted by Crippen LogP contribution is -2.26. The number of nitrogens with zero attached hydrogens (tertiary/aromatic N) is 2. The predicted molar refractivity (Wildman–Crippen MR) is 77.8 cm³/mol. The predicted octanol–water partition coefficient (Wildman–Crippen LogP) is 2.57. The van der Waals surface area contributed by atoms with Crippen molar-refractivity contribution in [1.29, 1.82) is 0 Å². The van der Waals surface area contributed by atoms with Crippen LogP contribution in [-0.4, -0.2) is 27.6 Å². The van der Waals surface area contributed by atoms with Crippen LogP contribution in [0.1, 0.15) is 0 Å². The van der Waals surface area contributed by atoms with E-state index in [2.05, 4.69) is 4.98 Å². The minimum Gasteiger partial charge on any atom is -0.495 e. The lowest BCUT2D eigenvalue weighted by atomic mass is 10.3. The molecule has 0 aliphatic carbocycles. The Bertz CT molecular complexity index is 705. The summed E-state index contributed by atoms with van der Waals surface area (Å²) in [6, 6.07) is 7.67. The molecule has 0 aliphatic heterocycles. The number of ether oxygens (including phenoxy) is 1. The molecule has 106 valence electrons. The Balaban J connectivity index is 2.43. The third-order valence-corrected chi connectivity index (χ3v) is 4.87. The van der Waals surface area contributed by atoms with Gasteiger partial charge in [0.05, 0.1) is 28.9 Å². The number of benzene rings is 1. The summed E-state index contributed by atoms with van der Waals surface area (Å²) in [5.74, 6) is 0.426. The number of hydrogen-bond acceptors (Lipinski definition) is 4. The zero-order valence-electron chi connectivity index (χ0n) is 10.9. The van der Waals surface area contributed by atoms with E-state index in [9.17, 15) is 8.42 Å². The molecular formula is C13H13ClN2O3S. The van der Waals surface area contributed by atoms with Crippen molar-refractivity contribution in [3.63, 3.8) is 0 Å². The van der Waals surface area contributed by atoms with Crippen molar-refractivity contribution >= 4 is 27.3 Å². The van der Waals surface area contributed by atoms with E-state index >= 15 is 0 Å². The second-order valence-electron chi connectivity index (χ2n) is 3.98. The number of hydrogen-bond donors (Lipinski definition) is 0. The summed E-state index contributed by atoms with van der Waals surface area (Å²) in [5, 5.41) is 0.244. The Morgan fingerprint density at radius 2 is 2.05 bits per heavy atom. The first kappa shape index (κ1) is 14.6. The van der Waals surface area contributed by atoms with Crippen LogP contribution < -0.4 is 9.04 Å². The fraction of sp³-hybridized carbons (Fsp3) is 0.154. The van der Waals surface area contributed by atoms with Crippen molar-refractivity contribution in [3.05, 3.63) is 47.7 Å². The van der Waals surface area contributed by atoms with Crippen LogP contribution in [0.5, 0.6) is 5.75 Å². The van der Waals surface area contributed by atoms with Crippen LogP contribution in [0, 0.1) is 0 Å². The zero-order valence-corrected chi connectivity index (χ0v) is 12.5. The summed E-state index contributed by atoms with van der Waals surface area (Å²) in [6.45, 7) is 0. The Kier molecular flexibility index (Phi) is 4.15. The van der Waals surface area contributed by atoms with Crippen LogP contribution in [0.15, 0.2) is 47.6 Å². The lowest BCUT2D eigenvalue weighted by Gasteiger charge is -2.19. The highest BCUT2D eigenvalue weighted by atomic mass is 35.5. The summed E-state index contributed by atoms with van der Waals surface area (Å²) in [6.07, 6.45) is 3.05. The number of anilines is 1. The lowest BCUT2D eigenvalue weighted by molar-refractivity contribution is 0.414. The van der Waals surface area contributed by atoms with E-state index < -0.39 is 10.0 Å². The summed E-state index contributed by atoms with van der Waals surface area (Å²) >= 11 is 5.97. The van der Waals surface area contributed by atoms with Crippen LogP contribution >= 0.6 is 11.6 Å². The van der Waals surface area contributed by atoms with Gasteiger partial charge in [-0.2, -0.15) is 0 Å². The first-order valence-corrected chi connectivity index (χ1v) is 7.51. The summed E-state index contributed by atoms with van der Waals surface area (Å²) in [4.78, 5) is 4.00. The smallest absolute Gasteiger partial charge is 0.264 e. The molecule has 2 aromatic rings. The molecule has 0 saturated carbocycles. The van der Waals surface area contributed by atoms with E-state index in [0.29, 0.717) is 11.4 Å². The third-order valence-electron chi connectivity index (χ3n) is 2.79. The number of pyridine rings is 1. The highest BCUT2D eigenvalue weighted by Gasteiger charge is 2.22. The van der Waals surface area contributed by atoms with Gasteiger partial charge < -0.3 is 4.74 Å². The van der Waals surface area contributed by atoms with Crippen LogP contribution in [-0.2, 0) is 10.0 Å². The van der Waals surface area contributed by atoms with Gasteiger partial charge in [0, 0.05) is 13.2 Å². The van der Waals surface area contributed by atoms with Gasteiger partial charge in [-0.15, -0.1) is 0 Å². The number of methoxy groups -OCH3 is 1. The van der Waals surface area contributed by atoms with E-state index in [4.69, 9.17) is 16.3 Å². The van der Waals surface area contributed by atoms with Crippen LogP contribution in [0.2, 0.25) is 5.02 Å². The van der Waals surface area contributed by atoms with Crippen LogP contribution in [0.25, 0.3) is 0 Å². The van der Waals surface area contributed by atoms with Gasteiger partial charge in [0.1, 0.15) is 5.75 Å². The molecule has 2 rings (SSSR count). The standard InChI is InChI=1S/C13H13ClN2O3S/c1-16(10-4-3-7-15-9-10)20(17,18)11-5-6-13(19-2)12(14)8-11/h3-9H,1-2H3. The van der Waals surface area contributed by atoms with Crippen molar-refractivity contribution in [1.82, 2.24) is 4.98 Å². The zero-order chi connectivity index (χ0) is 14.8. The molecule has 20 heavy (non-hydrogen) atoms. The Morgan fingerprint density at radius 3 is 2.60 bits per heavy atom. The van der Waals surface area contributed by atoms with Crippen molar-refractivity contribution in [2.75, 3.05) is 18.5 Å². The highest BCUT2D eigenvalue weighted by Crippen LogP contribution is 2.29. The molecule has 1 heterocycles. The minimum absolute atomic E-state index is 0.0923. The molecule has 0 amide bonds. The number of sulfonamides is 1. The SMILES string of the molecule is COc1ccc(S(=O)(=O)N(C)c2cccnc2)cc1Cl. The maximum absolute atomic E-state index is 12.5. The Hall–Kier alpha value is -1.79. The van der Waals surface area contributed by atoms with Gasteiger partial charge in [-0.25, -0.2) is 8.42 Å². The molecule has 5 nitrogen and oxygen atoms in total. The van der Waals surface area contributed by atoms with Crippen LogP contribution in [0.4, 0.5) is 5.69 Å². The largest absolute Gasteiger partial charge is 0.495 e. The Morgan fingerprint density at radius 1 is 1.30 bits per heavy atom. The van der Waals surface area contributed by atoms with Crippen molar-refractivity contribution in [3.8, 4) is 5.75 Å². The molecule has 0 radical (unpaired) electrons. The first-order valence-electron chi connectivity index (χ1n) is 5.69. The number of halogens is 1. The molecule has 0 saturated heterocycles. The van der Waals surface area contributed by atoms with Crippen LogP contribution in [0.3, 0.4) is 0 Å². The number of aromatic nitrogens is 1. The van der Waals surface area contributed by atoms with Gasteiger partial charge in [-0.1, -0.05) is 11.6 Å². The van der Waals surface area contributed by atoms with E-state index in [1.165, 1.54) is 38.6 Å². The highest BCUT2D eigenvalue weighted by molar-refractivity contribution is 7.92. The van der Waals surface area contributed by atoms with Gasteiger partial charge in [0.2, 0.25) is 0 Å². The quantitative estimate of drug-likeness (QED) is 0.870. The molecule has 1 aromatic heterocycles. The van der Waals surface area contributed by atoms with E-state index in [1.54, 1.807) is 18.3 Å². The summed E-state index contributed by atoms with van der Waals surface area (Å²) < 4.78 is 31.1. The molecule has 0 unspecified atom stereocenters. The fourth-order valence-electron chi connectivity index (χ4n) is 1.64. The maximum atomic E-state index is 12.5. The van der Waals surface area contributed by atoms with Gasteiger partial charge >= 0.3 is 0 Å². The number of rotatable bonds is 4. The topological polar surface area (TPSA) is 59.5 Å². The monoisotopic (exact) mass is 312 g/mol. The molecule has 1 aromatic carbocycles. The Labute approximate surface area is 122 Å². The normalized spacial score (nSPS) is 11.2. The van der Waals surface area contributed by atoms with Gasteiger partial charge in [-0.05, 0) is 30.3 Å². The second-order valence-corrected chi connectivity index (χ2v) is 6.36. The molecule has 0 fully saturated rings. The van der Waals surface area contributed by atoms with Crippen molar-refractivity contribution in [2.45, 2.75) is 4.90 Å². The molecule has 7 heteroatoms. The van der Waals surface area contributed by atoms with E-state index in [0.717, 1.165) is 4.31 Å².